The largest absolute Gasteiger partial charge is 0.133 e. The van der Waals surface area contributed by atoms with E-state index in [-0.39, 0.29) is 32.7 Å². The van der Waals surface area contributed by atoms with Crippen LogP contribution in [0.15, 0.2) is 30.3 Å². The van der Waals surface area contributed by atoms with Gasteiger partial charge in [-0.3, -0.25) is 0 Å². The number of hydrogen-bond acceptors (Lipinski definition) is 0. The third-order valence-electron chi connectivity index (χ3n) is 1.13. The molecule has 0 aliphatic carbocycles. The Kier molecular flexibility index (Phi) is 6.85. The summed E-state index contributed by atoms with van der Waals surface area (Å²) < 4.78 is 0. The molecule has 0 aliphatic heterocycles. The van der Waals surface area contributed by atoms with Crippen LogP contribution in [0.5, 0.6) is 0 Å². The van der Waals surface area contributed by atoms with Crippen LogP contribution in [0.1, 0.15) is 5.56 Å². The standard InChI is InChI=1S/C9H9Si.Y/c1-10-8-7-9-5-3-2-4-6-9;/h2-6,10H,1H3;. The fourth-order valence-electron chi connectivity index (χ4n) is 0.677. The zero-order valence-corrected chi connectivity index (χ0v) is 10.5. The van der Waals surface area contributed by atoms with E-state index in [0.717, 1.165) is 5.56 Å². The Balaban J connectivity index is 0.000001000. The Morgan fingerprint density at radius 1 is 1.18 bits per heavy atom. The quantitative estimate of drug-likeness (QED) is 0.471. The molecule has 0 heterocycles. The SMILES string of the molecule is C[SiH]C#Cc1ccccc1.[Y]. The molecule has 1 aromatic carbocycles. The minimum atomic E-state index is 0. The van der Waals surface area contributed by atoms with Gasteiger partial charge in [-0.1, -0.05) is 30.7 Å². The predicted octanol–water partition coefficient (Wildman–Crippen LogP) is 1.48. The van der Waals surface area contributed by atoms with Crippen LogP contribution in [0.3, 0.4) is 0 Å². The predicted molar refractivity (Wildman–Crippen MR) is 46.3 cm³/mol. The van der Waals surface area contributed by atoms with Gasteiger partial charge in [-0.15, -0.1) is 5.54 Å². The molecule has 0 atom stereocenters. The average Bonchev–Trinajstić information content (AvgIpc) is 2.03. The Morgan fingerprint density at radius 3 is 2.36 bits per heavy atom. The first-order valence-corrected chi connectivity index (χ1v) is 5.01. The van der Waals surface area contributed by atoms with Gasteiger partial charge in [0.1, 0.15) is 9.52 Å². The van der Waals surface area contributed by atoms with E-state index >= 15 is 0 Å². The maximum Gasteiger partial charge on any atom is 0.123 e. The molecular weight excluding hydrogens is 225 g/mol. The van der Waals surface area contributed by atoms with Crippen molar-refractivity contribution in [2.45, 2.75) is 6.55 Å². The van der Waals surface area contributed by atoms with E-state index in [1.807, 2.05) is 30.3 Å². The third kappa shape index (κ3) is 4.53. The van der Waals surface area contributed by atoms with Gasteiger partial charge in [-0.25, -0.2) is 0 Å². The fourth-order valence-corrected chi connectivity index (χ4v) is 0.988. The van der Waals surface area contributed by atoms with Crippen molar-refractivity contribution in [3.05, 3.63) is 35.9 Å². The molecule has 0 aliphatic rings. The van der Waals surface area contributed by atoms with Crippen molar-refractivity contribution in [1.82, 2.24) is 0 Å². The van der Waals surface area contributed by atoms with Gasteiger partial charge in [-0.05, 0) is 12.1 Å². The van der Waals surface area contributed by atoms with Crippen LogP contribution in [0.25, 0.3) is 0 Å². The summed E-state index contributed by atoms with van der Waals surface area (Å²) in [5, 5.41) is 0. The number of rotatable bonds is 0. The monoisotopic (exact) mass is 234 g/mol. The zero-order valence-electron chi connectivity index (χ0n) is 6.54. The third-order valence-corrected chi connectivity index (χ3v) is 1.57. The molecule has 0 spiro atoms. The smallest absolute Gasteiger partial charge is 0.123 e. The molecule has 0 saturated carbocycles. The maximum absolute atomic E-state index is 3.10. The molecule has 0 amide bonds. The van der Waals surface area contributed by atoms with Gasteiger partial charge in [0.15, 0.2) is 0 Å². The molecular formula is C9H9SiY. The summed E-state index contributed by atoms with van der Waals surface area (Å²) in [5.41, 5.74) is 4.22. The van der Waals surface area contributed by atoms with Crippen LogP contribution < -0.4 is 0 Å². The van der Waals surface area contributed by atoms with Gasteiger partial charge in [0.2, 0.25) is 0 Å². The van der Waals surface area contributed by atoms with E-state index < -0.39 is 0 Å². The van der Waals surface area contributed by atoms with Crippen LogP contribution in [0, 0.1) is 11.5 Å². The second kappa shape index (κ2) is 6.79. The molecule has 1 rings (SSSR count). The molecule has 0 aromatic heterocycles. The summed E-state index contributed by atoms with van der Waals surface area (Å²) >= 11 is 0. The Bertz CT molecular complexity index is 245. The molecule has 2 radical (unpaired) electrons. The molecule has 0 fully saturated rings. The average molecular weight is 234 g/mol. The van der Waals surface area contributed by atoms with Crippen molar-refractivity contribution in [3.63, 3.8) is 0 Å². The minimum absolute atomic E-state index is 0. The molecule has 52 valence electrons. The van der Waals surface area contributed by atoms with Gasteiger partial charge in [0.25, 0.3) is 0 Å². The summed E-state index contributed by atoms with van der Waals surface area (Å²) in [6.45, 7) is 2.13. The summed E-state index contributed by atoms with van der Waals surface area (Å²) in [7, 11) is 0.316. The Morgan fingerprint density at radius 2 is 1.82 bits per heavy atom. The first-order chi connectivity index (χ1) is 4.93. The number of benzene rings is 1. The molecule has 2 heteroatoms. The van der Waals surface area contributed by atoms with Crippen molar-refractivity contribution in [2.75, 3.05) is 0 Å². The van der Waals surface area contributed by atoms with Crippen LogP contribution >= 0.6 is 0 Å². The van der Waals surface area contributed by atoms with E-state index in [0.29, 0.717) is 9.52 Å². The molecule has 0 saturated heterocycles. The summed E-state index contributed by atoms with van der Waals surface area (Å²) in [5.74, 6) is 3.08. The Labute approximate surface area is 95.5 Å². The van der Waals surface area contributed by atoms with Crippen LogP contribution in [0.2, 0.25) is 6.55 Å². The summed E-state index contributed by atoms with van der Waals surface area (Å²) in [4.78, 5) is 0. The van der Waals surface area contributed by atoms with E-state index in [4.69, 9.17) is 0 Å². The van der Waals surface area contributed by atoms with E-state index in [1.54, 1.807) is 0 Å². The van der Waals surface area contributed by atoms with Crippen molar-refractivity contribution in [2.24, 2.45) is 0 Å². The Hall–Kier alpha value is 0.101. The van der Waals surface area contributed by atoms with Gasteiger partial charge in [0, 0.05) is 38.3 Å². The van der Waals surface area contributed by atoms with Gasteiger partial charge in [0.05, 0.1) is 0 Å². The van der Waals surface area contributed by atoms with Crippen LogP contribution in [-0.2, 0) is 32.7 Å². The fraction of sp³-hybridized carbons (Fsp3) is 0.111. The van der Waals surface area contributed by atoms with Gasteiger partial charge < -0.3 is 0 Å². The van der Waals surface area contributed by atoms with E-state index in [2.05, 4.69) is 18.0 Å². The van der Waals surface area contributed by atoms with Gasteiger partial charge in [-0.2, -0.15) is 0 Å². The molecule has 0 N–H and O–H groups in total. The molecule has 1 aromatic rings. The van der Waals surface area contributed by atoms with Crippen molar-refractivity contribution in [1.29, 1.82) is 0 Å². The van der Waals surface area contributed by atoms with Crippen molar-refractivity contribution in [3.8, 4) is 11.5 Å². The van der Waals surface area contributed by atoms with Crippen molar-refractivity contribution < 1.29 is 32.7 Å². The summed E-state index contributed by atoms with van der Waals surface area (Å²) in [6.07, 6.45) is 0. The molecule has 11 heavy (non-hydrogen) atoms. The van der Waals surface area contributed by atoms with E-state index in [1.165, 1.54) is 0 Å². The second-order valence-corrected chi connectivity index (χ2v) is 2.79. The maximum atomic E-state index is 3.10. The van der Waals surface area contributed by atoms with Crippen LogP contribution in [0.4, 0.5) is 0 Å². The second-order valence-electron chi connectivity index (χ2n) is 1.92. The normalized spacial score (nSPS) is 7.36. The number of hydrogen-bond donors (Lipinski definition) is 0. The first-order valence-electron chi connectivity index (χ1n) is 3.28. The van der Waals surface area contributed by atoms with E-state index in [9.17, 15) is 0 Å². The zero-order chi connectivity index (χ0) is 7.23. The topological polar surface area (TPSA) is 0 Å². The first kappa shape index (κ1) is 11.1. The minimum Gasteiger partial charge on any atom is -0.133 e. The molecule has 0 unspecified atom stereocenters. The molecule has 0 nitrogen and oxygen atoms in total. The molecule has 0 bridgehead atoms. The summed E-state index contributed by atoms with van der Waals surface area (Å²) in [6, 6.07) is 10.1. The van der Waals surface area contributed by atoms with Gasteiger partial charge >= 0.3 is 0 Å². The van der Waals surface area contributed by atoms with Crippen molar-refractivity contribution >= 4 is 9.52 Å². The van der Waals surface area contributed by atoms with Crippen LogP contribution in [-0.4, -0.2) is 9.52 Å².